The van der Waals surface area contributed by atoms with Crippen LogP contribution in [0.2, 0.25) is 5.02 Å². The normalized spacial score (nSPS) is 10.2. The second kappa shape index (κ2) is 7.84. The molecule has 0 fully saturated rings. The van der Waals surface area contributed by atoms with Crippen molar-refractivity contribution in [2.24, 2.45) is 0 Å². The van der Waals surface area contributed by atoms with E-state index in [1.807, 2.05) is 0 Å². The summed E-state index contributed by atoms with van der Waals surface area (Å²) in [6, 6.07) is 12.1. The van der Waals surface area contributed by atoms with Crippen molar-refractivity contribution in [3.63, 3.8) is 0 Å². The van der Waals surface area contributed by atoms with Crippen LogP contribution in [0.3, 0.4) is 0 Å². The number of rotatable bonds is 5. The van der Waals surface area contributed by atoms with Crippen LogP contribution in [0, 0.1) is 0 Å². The molecule has 0 bridgehead atoms. The third kappa shape index (κ3) is 4.49. The number of benzene rings is 2. The minimum atomic E-state index is -0.184. The Morgan fingerprint density at radius 3 is 2.62 bits per heavy atom. The Kier molecular flexibility index (Phi) is 5.82. The molecule has 5 nitrogen and oxygen atoms in total. The van der Waals surface area contributed by atoms with Gasteiger partial charge in [-0.1, -0.05) is 17.7 Å². The number of anilines is 1. The maximum atomic E-state index is 12.6. The van der Waals surface area contributed by atoms with E-state index in [2.05, 4.69) is 5.32 Å². The van der Waals surface area contributed by atoms with Crippen molar-refractivity contribution in [1.29, 1.82) is 0 Å². The molecule has 0 atom stereocenters. The summed E-state index contributed by atoms with van der Waals surface area (Å²) < 4.78 is 5.31. The zero-order valence-corrected chi connectivity index (χ0v) is 14.6. The molecular weight excluding hydrogens is 328 g/mol. The van der Waals surface area contributed by atoms with Crippen LogP contribution in [0.4, 0.5) is 5.69 Å². The topological polar surface area (TPSA) is 58.6 Å². The molecule has 0 saturated carbocycles. The van der Waals surface area contributed by atoms with Crippen molar-refractivity contribution < 1.29 is 14.3 Å². The minimum Gasteiger partial charge on any atom is -0.496 e. The Bertz CT molecular complexity index is 762. The fraction of sp³-hybridized carbons (Fsp3) is 0.222. The molecule has 0 saturated heterocycles. The molecule has 0 aromatic heterocycles. The molecule has 0 aliphatic heterocycles. The number of methoxy groups -OCH3 is 1. The zero-order valence-electron chi connectivity index (χ0n) is 13.8. The van der Waals surface area contributed by atoms with Crippen LogP contribution in [0.15, 0.2) is 42.5 Å². The highest BCUT2D eigenvalue weighted by atomic mass is 35.5. The SMILES string of the molecule is COc1ccc(Cl)cc1CN(C)C(=O)c1cccc(NC(C)=O)c1. The minimum absolute atomic E-state index is 0.163. The van der Waals surface area contributed by atoms with Crippen LogP contribution in [-0.4, -0.2) is 30.9 Å². The number of amides is 2. The molecule has 1 N–H and O–H groups in total. The van der Waals surface area contributed by atoms with Crippen molar-refractivity contribution in [2.45, 2.75) is 13.5 Å². The highest BCUT2D eigenvalue weighted by Crippen LogP contribution is 2.24. The Morgan fingerprint density at radius 1 is 1.21 bits per heavy atom. The summed E-state index contributed by atoms with van der Waals surface area (Å²) in [5.41, 5.74) is 1.89. The van der Waals surface area contributed by atoms with Crippen molar-refractivity contribution in [1.82, 2.24) is 4.90 Å². The molecule has 2 amide bonds. The predicted octanol–water partition coefficient (Wildman–Crippen LogP) is 3.58. The number of carbonyl (C=O) groups excluding carboxylic acids is 2. The summed E-state index contributed by atoms with van der Waals surface area (Å²) in [5, 5.41) is 3.25. The van der Waals surface area contributed by atoms with Crippen LogP contribution in [0.25, 0.3) is 0 Å². The second-order valence-corrected chi connectivity index (χ2v) is 5.82. The maximum absolute atomic E-state index is 12.6. The van der Waals surface area contributed by atoms with Crippen LogP contribution < -0.4 is 10.1 Å². The van der Waals surface area contributed by atoms with Crippen molar-refractivity contribution in [2.75, 3.05) is 19.5 Å². The fourth-order valence-electron chi connectivity index (χ4n) is 2.35. The summed E-state index contributed by atoms with van der Waals surface area (Å²) in [7, 11) is 3.28. The zero-order chi connectivity index (χ0) is 17.7. The van der Waals surface area contributed by atoms with Gasteiger partial charge in [-0.15, -0.1) is 0 Å². The molecule has 24 heavy (non-hydrogen) atoms. The summed E-state index contributed by atoms with van der Waals surface area (Å²) in [5.74, 6) is 0.326. The Morgan fingerprint density at radius 2 is 1.96 bits per heavy atom. The second-order valence-electron chi connectivity index (χ2n) is 5.38. The molecule has 0 heterocycles. The monoisotopic (exact) mass is 346 g/mol. The van der Waals surface area contributed by atoms with Gasteiger partial charge in [-0.25, -0.2) is 0 Å². The van der Waals surface area contributed by atoms with E-state index < -0.39 is 0 Å². The molecule has 2 aromatic carbocycles. The van der Waals surface area contributed by atoms with Gasteiger partial charge in [0.05, 0.1) is 7.11 Å². The first kappa shape index (κ1) is 17.8. The van der Waals surface area contributed by atoms with Crippen LogP contribution in [-0.2, 0) is 11.3 Å². The fourth-order valence-corrected chi connectivity index (χ4v) is 2.55. The molecule has 0 spiro atoms. The maximum Gasteiger partial charge on any atom is 0.253 e. The molecule has 0 radical (unpaired) electrons. The van der Waals surface area contributed by atoms with Crippen molar-refractivity contribution >= 4 is 29.1 Å². The third-order valence-corrected chi connectivity index (χ3v) is 3.66. The van der Waals surface area contributed by atoms with E-state index in [9.17, 15) is 9.59 Å². The van der Waals surface area contributed by atoms with Crippen LogP contribution >= 0.6 is 11.6 Å². The van der Waals surface area contributed by atoms with Gasteiger partial charge in [0.1, 0.15) is 5.75 Å². The Hall–Kier alpha value is -2.53. The quantitative estimate of drug-likeness (QED) is 0.900. The number of ether oxygens (including phenoxy) is 1. The molecular formula is C18H19ClN2O3. The molecule has 2 rings (SSSR count). The van der Waals surface area contributed by atoms with E-state index in [-0.39, 0.29) is 11.8 Å². The average molecular weight is 347 g/mol. The van der Waals surface area contributed by atoms with Gasteiger partial charge in [0.25, 0.3) is 5.91 Å². The number of halogens is 1. The smallest absolute Gasteiger partial charge is 0.253 e. The number of carbonyl (C=O) groups is 2. The molecule has 2 aromatic rings. The average Bonchev–Trinajstić information content (AvgIpc) is 2.54. The largest absolute Gasteiger partial charge is 0.496 e. The molecule has 0 aliphatic carbocycles. The molecule has 0 unspecified atom stereocenters. The number of hydrogen-bond acceptors (Lipinski definition) is 3. The van der Waals surface area contributed by atoms with Crippen molar-refractivity contribution in [3.05, 3.63) is 58.6 Å². The number of nitrogens with one attached hydrogen (secondary N) is 1. The van der Waals surface area contributed by atoms with Gasteiger partial charge in [0.2, 0.25) is 5.91 Å². The van der Waals surface area contributed by atoms with Crippen molar-refractivity contribution in [3.8, 4) is 5.75 Å². The van der Waals surface area contributed by atoms with E-state index in [1.165, 1.54) is 6.92 Å². The lowest BCUT2D eigenvalue weighted by Gasteiger charge is -2.19. The third-order valence-electron chi connectivity index (χ3n) is 3.43. The van der Waals surface area contributed by atoms with Gasteiger partial charge in [-0.2, -0.15) is 0 Å². The van der Waals surface area contributed by atoms with E-state index in [0.717, 1.165) is 5.56 Å². The first-order valence-electron chi connectivity index (χ1n) is 7.36. The Balaban J connectivity index is 2.18. The molecule has 126 valence electrons. The van der Waals surface area contributed by atoms with E-state index in [4.69, 9.17) is 16.3 Å². The molecule has 0 aliphatic rings. The summed E-state index contributed by atoms with van der Waals surface area (Å²) in [4.78, 5) is 25.3. The summed E-state index contributed by atoms with van der Waals surface area (Å²) in [6.07, 6.45) is 0. The summed E-state index contributed by atoms with van der Waals surface area (Å²) in [6.45, 7) is 1.78. The number of nitrogens with zero attached hydrogens (tertiary/aromatic N) is 1. The highest BCUT2D eigenvalue weighted by Gasteiger charge is 2.15. The Labute approximate surface area is 146 Å². The van der Waals surface area contributed by atoms with E-state index >= 15 is 0 Å². The van der Waals surface area contributed by atoms with E-state index in [0.29, 0.717) is 28.6 Å². The standard InChI is InChI=1S/C18H19ClN2O3/c1-12(22)20-16-6-4-5-13(10-16)18(23)21(2)11-14-9-15(19)7-8-17(14)24-3/h4-10H,11H2,1-3H3,(H,20,22). The predicted molar refractivity (Wildman–Crippen MR) is 94.5 cm³/mol. The van der Waals surface area contributed by atoms with Gasteiger partial charge in [0, 0.05) is 42.4 Å². The highest BCUT2D eigenvalue weighted by molar-refractivity contribution is 6.30. The lowest BCUT2D eigenvalue weighted by atomic mass is 10.1. The lowest BCUT2D eigenvalue weighted by molar-refractivity contribution is -0.114. The first-order valence-corrected chi connectivity index (χ1v) is 7.74. The first-order chi connectivity index (χ1) is 11.4. The van der Waals surface area contributed by atoms with Gasteiger partial charge in [-0.05, 0) is 36.4 Å². The van der Waals surface area contributed by atoms with Gasteiger partial charge in [-0.3, -0.25) is 9.59 Å². The lowest BCUT2D eigenvalue weighted by Crippen LogP contribution is -2.26. The van der Waals surface area contributed by atoms with Crippen LogP contribution in [0.1, 0.15) is 22.8 Å². The van der Waals surface area contributed by atoms with Gasteiger partial charge >= 0.3 is 0 Å². The number of hydrogen-bond donors (Lipinski definition) is 1. The van der Waals surface area contributed by atoms with Gasteiger partial charge in [0.15, 0.2) is 0 Å². The van der Waals surface area contributed by atoms with Gasteiger partial charge < -0.3 is 15.0 Å². The van der Waals surface area contributed by atoms with E-state index in [1.54, 1.807) is 61.5 Å². The van der Waals surface area contributed by atoms with Crippen LogP contribution in [0.5, 0.6) is 5.75 Å². The summed E-state index contributed by atoms with van der Waals surface area (Å²) >= 11 is 6.02. The molecule has 6 heteroatoms.